The summed E-state index contributed by atoms with van der Waals surface area (Å²) in [5.41, 5.74) is 2.01. The van der Waals surface area contributed by atoms with E-state index < -0.39 is 0 Å². The topological polar surface area (TPSA) is 52.1 Å². The minimum Gasteiger partial charge on any atom is -0.469 e. The van der Waals surface area contributed by atoms with Crippen molar-refractivity contribution in [3.63, 3.8) is 0 Å². The van der Waals surface area contributed by atoms with Gasteiger partial charge in [-0.05, 0) is 31.0 Å². The normalized spacial score (nSPS) is 11.0. The zero-order chi connectivity index (χ0) is 17.8. The predicted molar refractivity (Wildman–Crippen MR) is 99.5 cm³/mol. The van der Waals surface area contributed by atoms with Gasteiger partial charge in [0.1, 0.15) is 22.0 Å². The molecule has 0 aliphatic carbocycles. The van der Waals surface area contributed by atoms with Crippen LogP contribution in [-0.4, -0.2) is 28.8 Å². The van der Waals surface area contributed by atoms with E-state index in [0.29, 0.717) is 6.42 Å². The number of hydrogen-bond donors (Lipinski definition) is 0. The smallest absolute Gasteiger partial charge is 0.305 e. The van der Waals surface area contributed by atoms with E-state index in [4.69, 9.17) is 0 Å². The van der Waals surface area contributed by atoms with Crippen LogP contribution in [0.2, 0.25) is 0 Å². The number of aryl methyl sites for hydroxylation is 1. The van der Waals surface area contributed by atoms with E-state index in [1.54, 1.807) is 41.6 Å². The van der Waals surface area contributed by atoms with Crippen LogP contribution in [0.3, 0.4) is 0 Å². The number of benzene rings is 1. The lowest BCUT2D eigenvalue weighted by atomic mass is 10.0. The number of carbonyl (C=O) groups is 1. The van der Waals surface area contributed by atoms with Crippen LogP contribution < -0.4 is 0 Å². The van der Waals surface area contributed by atoms with Crippen molar-refractivity contribution in [1.29, 1.82) is 0 Å². The first-order chi connectivity index (χ1) is 12.1. The number of rotatable bonds is 6. The Balaban J connectivity index is 1.91. The molecular formula is C18H17FN2O2S2. The fourth-order valence-electron chi connectivity index (χ4n) is 2.58. The van der Waals surface area contributed by atoms with Gasteiger partial charge in [-0.1, -0.05) is 12.1 Å². The molecule has 0 radical (unpaired) electrons. The van der Waals surface area contributed by atoms with E-state index in [0.717, 1.165) is 43.4 Å². The van der Waals surface area contributed by atoms with Gasteiger partial charge < -0.3 is 4.74 Å². The van der Waals surface area contributed by atoms with Gasteiger partial charge in [0.2, 0.25) is 0 Å². The molecule has 2 heterocycles. The van der Waals surface area contributed by atoms with Crippen molar-refractivity contribution in [3.8, 4) is 11.1 Å². The van der Waals surface area contributed by atoms with Gasteiger partial charge in [-0.15, -0.1) is 23.1 Å². The van der Waals surface area contributed by atoms with Crippen LogP contribution in [0, 0.1) is 12.7 Å². The molecule has 0 unspecified atom stereocenters. The Bertz CT molecular complexity index is 894. The minimum absolute atomic E-state index is 0.202. The van der Waals surface area contributed by atoms with Gasteiger partial charge in [0.15, 0.2) is 0 Å². The fraction of sp³-hybridized carbons (Fsp3) is 0.278. The van der Waals surface area contributed by atoms with Gasteiger partial charge in [0.05, 0.1) is 12.5 Å². The lowest BCUT2D eigenvalue weighted by Crippen LogP contribution is -2.00. The number of esters is 1. The first-order valence-corrected chi connectivity index (χ1v) is 9.60. The number of fused-ring (bicyclic) bond motifs is 1. The fourth-order valence-corrected chi connectivity index (χ4v) is 4.60. The van der Waals surface area contributed by atoms with E-state index >= 15 is 0 Å². The Morgan fingerprint density at radius 3 is 2.76 bits per heavy atom. The molecule has 0 atom stereocenters. The van der Waals surface area contributed by atoms with Gasteiger partial charge in [-0.3, -0.25) is 4.79 Å². The molecular weight excluding hydrogens is 359 g/mol. The third kappa shape index (κ3) is 3.99. The average Bonchev–Trinajstić information content (AvgIpc) is 2.96. The number of thiophene rings is 1. The molecule has 3 aromatic rings. The summed E-state index contributed by atoms with van der Waals surface area (Å²) in [5, 5.41) is 1.89. The summed E-state index contributed by atoms with van der Waals surface area (Å²) in [4.78, 5) is 22.1. The molecule has 3 rings (SSSR count). The number of ether oxygens (including phenoxy) is 1. The van der Waals surface area contributed by atoms with Crippen LogP contribution in [-0.2, 0) is 9.53 Å². The van der Waals surface area contributed by atoms with Crippen LogP contribution in [0.15, 0.2) is 35.6 Å². The number of aromatic nitrogens is 2. The number of nitrogens with zero attached hydrogens (tertiary/aromatic N) is 2. The highest BCUT2D eigenvalue weighted by molar-refractivity contribution is 7.99. The molecule has 2 aromatic heterocycles. The summed E-state index contributed by atoms with van der Waals surface area (Å²) in [5.74, 6) is 0.306. The zero-order valence-corrected chi connectivity index (χ0v) is 15.5. The average molecular weight is 376 g/mol. The van der Waals surface area contributed by atoms with Gasteiger partial charge in [0, 0.05) is 22.6 Å². The Morgan fingerprint density at radius 2 is 2.04 bits per heavy atom. The first kappa shape index (κ1) is 17.8. The summed E-state index contributed by atoms with van der Waals surface area (Å²) in [6, 6.07) is 6.49. The van der Waals surface area contributed by atoms with Crippen molar-refractivity contribution < 1.29 is 13.9 Å². The quantitative estimate of drug-likeness (QED) is 0.266. The number of carbonyl (C=O) groups excluding carboxylic acids is 1. The summed E-state index contributed by atoms with van der Waals surface area (Å²) < 4.78 is 17.9. The lowest BCUT2D eigenvalue weighted by Gasteiger charge is -2.06. The van der Waals surface area contributed by atoms with Crippen LogP contribution >= 0.6 is 23.1 Å². The summed E-state index contributed by atoms with van der Waals surface area (Å²) >= 11 is 3.21. The summed E-state index contributed by atoms with van der Waals surface area (Å²) in [7, 11) is 1.40. The number of methoxy groups -OCH3 is 1. The van der Waals surface area contributed by atoms with Crippen LogP contribution in [0.5, 0.6) is 0 Å². The molecule has 130 valence electrons. The van der Waals surface area contributed by atoms with Gasteiger partial charge in [-0.2, -0.15) is 0 Å². The van der Waals surface area contributed by atoms with E-state index in [2.05, 4.69) is 14.7 Å². The Kier molecular flexibility index (Phi) is 5.65. The van der Waals surface area contributed by atoms with Crippen molar-refractivity contribution in [2.45, 2.75) is 24.8 Å². The Morgan fingerprint density at radius 1 is 1.28 bits per heavy atom. The van der Waals surface area contributed by atoms with E-state index in [1.165, 1.54) is 19.2 Å². The van der Waals surface area contributed by atoms with E-state index in [1.807, 2.05) is 6.92 Å². The molecule has 25 heavy (non-hydrogen) atoms. The van der Waals surface area contributed by atoms with E-state index in [-0.39, 0.29) is 11.8 Å². The van der Waals surface area contributed by atoms with Crippen molar-refractivity contribution in [1.82, 2.24) is 9.97 Å². The molecule has 0 bridgehead atoms. The molecule has 0 amide bonds. The molecule has 0 N–H and O–H groups in total. The second kappa shape index (κ2) is 7.93. The van der Waals surface area contributed by atoms with Crippen molar-refractivity contribution in [2.75, 3.05) is 12.9 Å². The number of hydrogen-bond acceptors (Lipinski definition) is 6. The minimum atomic E-state index is -0.255. The molecule has 0 saturated carbocycles. The van der Waals surface area contributed by atoms with Crippen LogP contribution in [0.25, 0.3) is 21.3 Å². The number of thioether (sulfide) groups is 1. The summed E-state index contributed by atoms with van der Waals surface area (Å²) in [6.07, 6.45) is 2.68. The van der Waals surface area contributed by atoms with Crippen molar-refractivity contribution >= 4 is 39.3 Å². The monoisotopic (exact) mass is 376 g/mol. The van der Waals surface area contributed by atoms with E-state index in [9.17, 15) is 9.18 Å². The number of halogens is 1. The molecule has 0 spiro atoms. The van der Waals surface area contributed by atoms with Gasteiger partial charge >= 0.3 is 5.97 Å². The van der Waals surface area contributed by atoms with Gasteiger partial charge in [-0.25, -0.2) is 14.4 Å². The predicted octanol–water partition coefficient (Wildman–Crippen LogP) is 4.85. The molecule has 0 aliphatic heterocycles. The zero-order valence-electron chi connectivity index (χ0n) is 13.9. The summed E-state index contributed by atoms with van der Waals surface area (Å²) in [6.45, 7) is 2.04. The molecule has 7 heteroatoms. The van der Waals surface area contributed by atoms with Crippen LogP contribution in [0.4, 0.5) is 4.39 Å². The largest absolute Gasteiger partial charge is 0.469 e. The lowest BCUT2D eigenvalue weighted by molar-refractivity contribution is -0.140. The molecule has 0 saturated heterocycles. The van der Waals surface area contributed by atoms with Crippen LogP contribution in [0.1, 0.15) is 17.7 Å². The Hall–Kier alpha value is -1.99. The molecule has 0 aliphatic rings. The Labute approximate surface area is 153 Å². The highest BCUT2D eigenvalue weighted by Gasteiger charge is 2.17. The maximum Gasteiger partial charge on any atom is 0.305 e. The highest BCUT2D eigenvalue weighted by atomic mass is 32.2. The third-order valence-corrected chi connectivity index (χ3v) is 5.84. The van der Waals surface area contributed by atoms with Gasteiger partial charge in [0.25, 0.3) is 0 Å². The second-order valence-electron chi connectivity index (χ2n) is 5.43. The standard InChI is InChI=1S/C18H17FN2O2S2/c1-11-15(12-5-7-13(19)8-6-12)16-17(20-10-21-18(16)25-11)24-9-3-4-14(22)23-2/h5-8,10H,3-4,9H2,1-2H3. The maximum atomic E-state index is 13.3. The first-order valence-electron chi connectivity index (χ1n) is 7.80. The highest BCUT2D eigenvalue weighted by Crippen LogP contribution is 2.41. The molecule has 0 fully saturated rings. The molecule has 4 nitrogen and oxygen atoms in total. The molecule has 1 aromatic carbocycles. The van der Waals surface area contributed by atoms with Crippen molar-refractivity contribution in [2.24, 2.45) is 0 Å². The van der Waals surface area contributed by atoms with Crippen molar-refractivity contribution in [3.05, 3.63) is 41.3 Å². The maximum absolute atomic E-state index is 13.3. The SMILES string of the molecule is COC(=O)CCCSc1ncnc2sc(C)c(-c3ccc(F)cc3)c12. The third-order valence-electron chi connectivity index (χ3n) is 3.75. The second-order valence-corrected chi connectivity index (χ2v) is 7.71.